The van der Waals surface area contributed by atoms with Gasteiger partial charge in [0, 0.05) is 25.3 Å². The van der Waals surface area contributed by atoms with E-state index in [0.29, 0.717) is 48.1 Å². The highest BCUT2D eigenvalue weighted by molar-refractivity contribution is 6.33. The Morgan fingerprint density at radius 2 is 1.83 bits per heavy atom. The summed E-state index contributed by atoms with van der Waals surface area (Å²) in [6, 6.07) is 9.05. The predicted molar refractivity (Wildman–Crippen MR) is 102 cm³/mol. The molecule has 1 amide bonds. The van der Waals surface area contributed by atoms with Gasteiger partial charge in [-0.2, -0.15) is 13.2 Å². The molecule has 1 aromatic carbocycles. The summed E-state index contributed by atoms with van der Waals surface area (Å²) in [4.78, 5) is 14.3. The normalized spacial score (nSPS) is 15.7. The number of anilines is 1. The van der Waals surface area contributed by atoms with Crippen LogP contribution in [0.15, 0.2) is 42.6 Å². The number of fused-ring (bicyclic) bond motifs is 1. The molecule has 0 saturated carbocycles. The lowest BCUT2D eigenvalue weighted by atomic mass is 10.0. The Balaban J connectivity index is 1.45. The largest absolute Gasteiger partial charge is 0.417 e. The van der Waals surface area contributed by atoms with Gasteiger partial charge in [-0.3, -0.25) is 9.20 Å². The number of carbonyl (C=O) groups is 1. The fraction of sp³-hybridized carbons (Fsp3) is 0.316. The maximum atomic E-state index is 13.0. The summed E-state index contributed by atoms with van der Waals surface area (Å²) in [6.45, 7) is 1.06. The molecule has 0 atom stereocenters. The Labute approximate surface area is 169 Å². The molecule has 3 aromatic rings. The molecule has 152 valence electrons. The second-order valence-electron chi connectivity index (χ2n) is 6.86. The molecular weight excluding hydrogens is 407 g/mol. The van der Waals surface area contributed by atoms with Gasteiger partial charge in [0.25, 0.3) is 5.91 Å². The molecule has 0 bridgehead atoms. The van der Waals surface area contributed by atoms with Crippen molar-refractivity contribution in [3.05, 3.63) is 58.7 Å². The first-order valence-corrected chi connectivity index (χ1v) is 9.43. The molecule has 1 N–H and O–H groups in total. The molecule has 1 aliphatic rings. The van der Waals surface area contributed by atoms with Gasteiger partial charge in [0.05, 0.1) is 16.1 Å². The minimum Gasteiger partial charge on any atom is -0.349 e. The van der Waals surface area contributed by atoms with Gasteiger partial charge in [-0.25, -0.2) is 0 Å². The highest BCUT2D eigenvalue weighted by Crippen LogP contribution is 2.30. The van der Waals surface area contributed by atoms with E-state index >= 15 is 0 Å². The molecule has 2 aromatic heterocycles. The zero-order valence-electron chi connectivity index (χ0n) is 15.2. The van der Waals surface area contributed by atoms with Crippen molar-refractivity contribution in [2.75, 3.05) is 18.0 Å². The van der Waals surface area contributed by atoms with E-state index in [1.54, 1.807) is 24.3 Å². The van der Waals surface area contributed by atoms with Gasteiger partial charge in [-0.05, 0) is 37.1 Å². The maximum absolute atomic E-state index is 13.0. The van der Waals surface area contributed by atoms with Gasteiger partial charge in [-0.1, -0.05) is 23.7 Å². The van der Waals surface area contributed by atoms with E-state index in [1.165, 1.54) is 10.5 Å². The molecule has 1 aliphatic heterocycles. The highest BCUT2D eigenvalue weighted by atomic mass is 35.5. The number of alkyl halides is 3. The number of rotatable bonds is 3. The second kappa shape index (κ2) is 7.55. The van der Waals surface area contributed by atoms with Crippen molar-refractivity contribution >= 4 is 29.1 Å². The van der Waals surface area contributed by atoms with Crippen molar-refractivity contribution in [1.29, 1.82) is 0 Å². The van der Waals surface area contributed by atoms with Crippen LogP contribution in [0, 0.1) is 0 Å². The number of pyridine rings is 1. The van der Waals surface area contributed by atoms with Crippen LogP contribution < -0.4 is 10.2 Å². The van der Waals surface area contributed by atoms with Gasteiger partial charge < -0.3 is 10.2 Å². The first-order chi connectivity index (χ1) is 13.8. The molecule has 29 heavy (non-hydrogen) atoms. The number of piperidine rings is 1. The van der Waals surface area contributed by atoms with Crippen molar-refractivity contribution in [1.82, 2.24) is 19.9 Å². The molecule has 3 heterocycles. The SMILES string of the molecule is O=C(NC1CCN(c2nnc3ccc(C(F)(F)F)cn23)CC1)c1ccccc1Cl. The van der Waals surface area contributed by atoms with E-state index in [0.717, 1.165) is 12.3 Å². The number of carbonyl (C=O) groups excluding carboxylic acids is 1. The van der Waals surface area contributed by atoms with E-state index in [1.807, 2.05) is 4.90 Å². The molecule has 0 aliphatic carbocycles. The van der Waals surface area contributed by atoms with Crippen LogP contribution in [0.2, 0.25) is 5.02 Å². The van der Waals surface area contributed by atoms with Gasteiger partial charge >= 0.3 is 6.18 Å². The topological polar surface area (TPSA) is 62.5 Å². The number of hydrogen-bond acceptors (Lipinski definition) is 4. The van der Waals surface area contributed by atoms with E-state index in [9.17, 15) is 18.0 Å². The number of benzene rings is 1. The lowest BCUT2D eigenvalue weighted by Crippen LogP contribution is -2.45. The maximum Gasteiger partial charge on any atom is 0.417 e. The number of hydrogen-bond donors (Lipinski definition) is 1. The molecule has 1 fully saturated rings. The van der Waals surface area contributed by atoms with Crippen molar-refractivity contribution in [2.24, 2.45) is 0 Å². The molecule has 1 saturated heterocycles. The first kappa shape index (κ1) is 19.5. The lowest BCUT2D eigenvalue weighted by Gasteiger charge is -2.32. The smallest absolute Gasteiger partial charge is 0.349 e. The van der Waals surface area contributed by atoms with Crippen molar-refractivity contribution in [3.63, 3.8) is 0 Å². The molecule has 0 unspecified atom stereocenters. The minimum atomic E-state index is -4.44. The summed E-state index contributed by atoms with van der Waals surface area (Å²) in [5.41, 5.74) is 0.00909. The Morgan fingerprint density at radius 3 is 2.52 bits per heavy atom. The van der Waals surface area contributed by atoms with Crippen molar-refractivity contribution < 1.29 is 18.0 Å². The summed E-state index contributed by atoms with van der Waals surface area (Å²) in [7, 11) is 0. The number of amides is 1. The van der Waals surface area contributed by atoms with E-state index < -0.39 is 11.7 Å². The predicted octanol–water partition coefficient (Wildman–Crippen LogP) is 3.80. The van der Waals surface area contributed by atoms with Crippen LogP contribution >= 0.6 is 11.6 Å². The Bertz CT molecular complexity index is 1040. The van der Waals surface area contributed by atoms with Gasteiger partial charge in [0.15, 0.2) is 5.65 Å². The van der Waals surface area contributed by atoms with Crippen LogP contribution in [0.25, 0.3) is 5.65 Å². The Morgan fingerprint density at radius 1 is 1.10 bits per heavy atom. The summed E-state index contributed by atoms with van der Waals surface area (Å²) in [6.07, 6.45) is -2.17. The third kappa shape index (κ3) is 4.00. The zero-order chi connectivity index (χ0) is 20.6. The number of nitrogens with zero attached hydrogens (tertiary/aromatic N) is 4. The lowest BCUT2D eigenvalue weighted by molar-refractivity contribution is -0.137. The number of halogens is 4. The van der Waals surface area contributed by atoms with Gasteiger partial charge in [0.2, 0.25) is 5.95 Å². The molecule has 6 nitrogen and oxygen atoms in total. The highest BCUT2D eigenvalue weighted by Gasteiger charge is 2.32. The van der Waals surface area contributed by atoms with Crippen LogP contribution in [0.1, 0.15) is 28.8 Å². The molecular formula is C19H17ClF3N5O. The average molecular weight is 424 g/mol. The monoisotopic (exact) mass is 423 g/mol. The summed E-state index contributed by atoms with van der Waals surface area (Å²) >= 11 is 6.06. The second-order valence-corrected chi connectivity index (χ2v) is 7.27. The number of nitrogens with one attached hydrogen (secondary N) is 1. The number of aromatic nitrogens is 3. The van der Waals surface area contributed by atoms with Gasteiger partial charge in [-0.15, -0.1) is 10.2 Å². The van der Waals surface area contributed by atoms with Crippen LogP contribution in [-0.2, 0) is 6.18 Å². The molecule has 10 heteroatoms. The van der Waals surface area contributed by atoms with Crippen molar-refractivity contribution in [2.45, 2.75) is 25.1 Å². The average Bonchev–Trinajstić information content (AvgIpc) is 3.11. The third-order valence-electron chi connectivity index (χ3n) is 4.94. The standard InChI is InChI=1S/C19H17ClF3N5O/c20-15-4-2-1-3-14(15)17(29)24-13-7-9-27(10-8-13)18-26-25-16-6-5-12(11-28(16)18)19(21,22)23/h1-6,11,13H,7-10H2,(H,24,29). The quantitative estimate of drug-likeness (QED) is 0.696. The molecule has 0 radical (unpaired) electrons. The fourth-order valence-corrected chi connectivity index (χ4v) is 3.62. The molecule has 0 spiro atoms. The Kier molecular flexibility index (Phi) is 5.08. The summed E-state index contributed by atoms with van der Waals surface area (Å²) in [5.74, 6) is 0.124. The Hall–Kier alpha value is -2.81. The minimum absolute atomic E-state index is 0.0556. The zero-order valence-corrected chi connectivity index (χ0v) is 15.9. The van der Waals surface area contributed by atoms with Crippen molar-refractivity contribution in [3.8, 4) is 0 Å². The molecule has 4 rings (SSSR count). The van der Waals surface area contributed by atoms with E-state index in [2.05, 4.69) is 15.5 Å². The van der Waals surface area contributed by atoms with Crippen LogP contribution in [0.5, 0.6) is 0 Å². The van der Waals surface area contributed by atoms with Crippen LogP contribution in [-0.4, -0.2) is 39.6 Å². The van der Waals surface area contributed by atoms with E-state index in [4.69, 9.17) is 11.6 Å². The van der Waals surface area contributed by atoms with Crippen LogP contribution in [0.4, 0.5) is 19.1 Å². The van der Waals surface area contributed by atoms with Crippen LogP contribution in [0.3, 0.4) is 0 Å². The fourth-order valence-electron chi connectivity index (χ4n) is 3.39. The van der Waals surface area contributed by atoms with Gasteiger partial charge in [0.1, 0.15) is 0 Å². The first-order valence-electron chi connectivity index (χ1n) is 9.05. The summed E-state index contributed by atoms with van der Waals surface area (Å²) in [5, 5.41) is 11.4. The summed E-state index contributed by atoms with van der Waals surface area (Å²) < 4.78 is 40.4. The third-order valence-corrected chi connectivity index (χ3v) is 5.27. The van der Waals surface area contributed by atoms with E-state index in [-0.39, 0.29) is 11.9 Å².